The van der Waals surface area contributed by atoms with E-state index in [0.717, 1.165) is 38.0 Å². The SMILES string of the molecule is C=C(C[C@H](C)F)[C@@H](C)CN(CCC)[C@H]1CCN(C(=O)OC(C)(C)C)C1. The van der Waals surface area contributed by atoms with Gasteiger partial charge in [0.15, 0.2) is 0 Å². The lowest BCUT2D eigenvalue weighted by Crippen LogP contribution is -2.42. The lowest BCUT2D eigenvalue weighted by atomic mass is 9.96. The molecule has 0 saturated carbocycles. The van der Waals surface area contributed by atoms with E-state index in [1.165, 1.54) is 0 Å². The van der Waals surface area contributed by atoms with Crippen LogP contribution in [0.15, 0.2) is 12.2 Å². The van der Waals surface area contributed by atoms with Crippen molar-refractivity contribution in [2.24, 2.45) is 5.92 Å². The van der Waals surface area contributed by atoms with Crippen molar-refractivity contribution in [3.8, 4) is 0 Å². The lowest BCUT2D eigenvalue weighted by Gasteiger charge is -2.32. The van der Waals surface area contributed by atoms with Crippen LogP contribution >= 0.6 is 0 Å². The topological polar surface area (TPSA) is 32.8 Å². The number of ether oxygens (including phenoxy) is 1. The number of likely N-dealkylation sites (tertiary alicyclic amines) is 1. The predicted octanol–water partition coefficient (Wildman–Crippen LogP) is 4.65. The molecular formula is C20H37FN2O2. The van der Waals surface area contributed by atoms with Crippen LogP contribution in [-0.4, -0.2) is 59.9 Å². The maximum absolute atomic E-state index is 13.2. The molecule has 1 saturated heterocycles. The molecule has 1 aliphatic heterocycles. The second kappa shape index (κ2) is 9.56. The first-order valence-electron chi connectivity index (χ1n) is 9.57. The number of rotatable bonds is 8. The number of amides is 1. The molecule has 0 aromatic heterocycles. The third-order valence-corrected chi connectivity index (χ3v) is 4.59. The Labute approximate surface area is 153 Å². The Balaban J connectivity index is 2.62. The minimum Gasteiger partial charge on any atom is -0.444 e. The van der Waals surface area contributed by atoms with Crippen molar-refractivity contribution >= 4 is 6.09 Å². The molecule has 146 valence electrons. The van der Waals surface area contributed by atoms with Gasteiger partial charge in [0.25, 0.3) is 0 Å². The second-order valence-corrected chi connectivity index (χ2v) is 8.41. The molecule has 0 N–H and O–H groups in total. The van der Waals surface area contributed by atoms with Gasteiger partial charge in [-0.15, -0.1) is 0 Å². The number of carbonyl (C=O) groups is 1. The zero-order valence-electron chi connectivity index (χ0n) is 17.0. The van der Waals surface area contributed by atoms with Gasteiger partial charge >= 0.3 is 6.09 Å². The minimum absolute atomic E-state index is 0.227. The molecular weight excluding hydrogens is 319 g/mol. The summed E-state index contributed by atoms with van der Waals surface area (Å²) in [4.78, 5) is 16.5. The van der Waals surface area contributed by atoms with Gasteiger partial charge in [0.2, 0.25) is 0 Å². The van der Waals surface area contributed by atoms with E-state index in [1.54, 1.807) is 6.92 Å². The molecule has 1 rings (SSSR count). The van der Waals surface area contributed by atoms with E-state index < -0.39 is 11.8 Å². The Bertz CT molecular complexity index is 445. The van der Waals surface area contributed by atoms with Gasteiger partial charge in [-0.1, -0.05) is 26.0 Å². The summed E-state index contributed by atoms with van der Waals surface area (Å²) in [5.74, 6) is 0.250. The van der Waals surface area contributed by atoms with Gasteiger partial charge in [-0.05, 0) is 59.4 Å². The Morgan fingerprint density at radius 3 is 2.56 bits per heavy atom. The third kappa shape index (κ3) is 7.76. The highest BCUT2D eigenvalue weighted by atomic mass is 19.1. The van der Waals surface area contributed by atoms with Gasteiger partial charge in [0, 0.05) is 25.7 Å². The maximum atomic E-state index is 13.2. The molecule has 0 radical (unpaired) electrons. The molecule has 0 aliphatic carbocycles. The van der Waals surface area contributed by atoms with Crippen LogP contribution in [0.5, 0.6) is 0 Å². The first-order chi connectivity index (χ1) is 11.5. The Morgan fingerprint density at radius 1 is 1.40 bits per heavy atom. The van der Waals surface area contributed by atoms with Gasteiger partial charge in [-0.2, -0.15) is 0 Å². The van der Waals surface area contributed by atoms with E-state index in [1.807, 2.05) is 25.7 Å². The van der Waals surface area contributed by atoms with Crippen LogP contribution in [-0.2, 0) is 4.74 Å². The van der Waals surface area contributed by atoms with Crippen LogP contribution in [0.25, 0.3) is 0 Å². The van der Waals surface area contributed by atoms with E-state index in [0.29, 0.717) is 19.0 Å². The quantitative estimate of drug-likeness (QED) is 0.594. The number of hydrogen-bond donors (Lipinski definition) is 0. The van der Waals surface area contributed by atoms with Gasteiger partial charge in [-0.3, -0.25) is 4.90 Å². The fourth-order valence-corrected chi connectivity index (χ4v) is 3.29. The summed E-state index contributed by atoms with van der Waals surface area (Å²) >= 11 is 0. The molecule has 0 spiro atoms. The summed E-state index contributed by atoms with van der Waals surface area (Å²) in [5.41, 5.74) is 0.506. The normalized spacial score (nSPS) is 20.6. The first kappa shape index (κ1) is 21.9. The average Bonchev–Trinajstić information content (AvgIpc) is 2.94. The van der Waals surface area contributed by atoms with E-state index >= 15 is 0 Å². The van der Waals surface area contributed by atoms with Crippen LogP contribution < -0.4 is 0 Å². The molecule has 25 heavy (non-hydrogen) atoms. The van der Waals surface area contributed by atoms with Crippen molar-refractivity contribution in [3.05, 3.63) is 12.2 Å². The summed E-state index contributed by atoms with van der Waals surface area (Å²) in [5, 5.41) is 0. The third-order valence-electron chi connectivity index (χ3n) is 4.59. The summed E-state index contributed by atoms with van der Waals surface area (Å²) < 4.78 is 18.7. The molecule has 0 aromatic carbocycles. The molecule has 3 atom stereocenters. The number of nitrogens with zero attached hydrogens (tertiary/aromatic N) is 2. The summed E-state index contributed by atoms with van der Waals surface area (Å²) in [7, 11) is 0. The zero-order valence-corrected chi connectivity index (χ0v) is 17.0. The highest BCUT2D eigenvalue weighted by Crippen LogP contribution is 2.23. The fraction of sp³-hybridized carbons (Fsp3) is 0.850. The van der Waals surface area contributed by atoms with Crippen LogP contribution in [0.3, 0.4) is 0 Å². The van der Waals surface area contributed by atoms with Crippen molar-refractivity contribution < 1.29 is 13.9 Å². The molecule has 1 amide bonds. The lowest BCUT2D eigenvalue weighted by molar-refractivity contribution is 0.0278. The summed E-state index contributed by atoms with van der Waals surface area (Å²) in [6.07, 6.45) is 1.37. The van der Waals surface area contributed by atoms with E-state index in [9.17, 15) is 9.18 Å². The second-order valence-electron chi connectivity index (χ2n) is 8.41. The smallest absolute Gasteiger partial charge is 0.410 e. The number of carbonyl (C=O) groups excluding carboxylic acids is 1. The van der Waals surface area contributed by atoms with Gasteiger partial charge in [0.05, 0.1) is 0 Å². The van der Waals surface area contributed by atoms with Gasteiger partial charge < -0.3 is 9.64 Å². The van der Waals surface area contributed by atoms with E-state index in [4.69, 9.17) is 4.74 Å². The largest absolute Gasteiger partial charge is 0.444 e. The Morgan fingerprint density at radius 2 is 2.04 bits per heavy atom. The molecule has 0 unspecified atom stereocenters. The summed E-state index contributed by atoms with van der Waals surface area (Å²) in [6.45, 7) is 18.9. The van der Waals surface area contributed by atoms with E-state index in [2.05, 4.69) is 25.3 Å². The van der Waals surface area contributed by atoms with E-state index in [-0.39, 0.29) is 12.0 Å². The monoisotopic (exact) mass is 356 g/mol. The molecule has 0 bridgehead atoms. The number of hydrogen-bond acceptors (Lipinski definition) is 3. The Kier molecular flexibility index (Phi) is 8.39. The highest BCUT2D eigenvalue weighted by Gasteiger charge is 2.33. The maximum Gasteiger partial charge on any atom is 0.410 e. The molecule has 0 aromatic rings. The number of halogens is 1. The Hall–Kier alpha value is -1.10. The van der Waals surface area contributed by atoms with Gasteiger partial charge in [-0.25, -0.2) is 9.18 Å². The van der Waals surface area contributed by atoms with Crippen LogP contribution in [0.1, 0.15) is 60.8 Å². The summed E-state index contributed by atoms with van der Waals surface area (Å²) in [6, 6.07) is 0.338. The van der Waals surface area contributed by atoms with Crippen molar-refractivity contribution in [3.63, 3.8) is 0 Å². The molecule has 5 heteroatoms. The average molecular weight is 357 g/mol. The molecule has 1 heterocycles. The molecule has 4 nitrogen and oxygen atoms in total. The first-order valence-corrected chi connectivity index (χ1v) is 9.57. The molecule has 1 fully saturated rings. The van der Waals surface area contributed by atoms with Crippen molar-refractivity contribution in [2.75, 3.05) is 26.2 Å². The van der Waals surface area contributed by atoms with Crippen molar-refractivity contribution in [2.45, 2.75) is 78.6 Å². The highest BCUT2D eigenvalue weighted by molar-refractivity contribution is 5.68. The standard InChI is InChI=1S/C20H37FN2O2/c1-8-10-22(13-16(3)15(2)12-17(4)21)18-9-11-23(14-18)19(24)25-20(5,6)7/h16-18H,2,8-14H2,1,3-7H3/t16-,17-,18-/m0/s1. The van der Waals surface area contributed by atoms with Gasteiger partial charge in [0.1, 0.15) is 11.8 Å². The van der Waals surface area contributed by atoms with Crippen LogP contribution in [0.2, 0.25) is 0 Å². The van der Waals surface area contributed by atoms with Crippen molar-refractivity contribution in [1.29, 1.82) is 0 Å². The predicted molar refractivity (Wildman–Crippen MR) is 102 cm³/mol. The van der Waals surface area contributed by atoms with Crippen LogP contribution in [0.4, 0.5) is 9.18 Å². The minimum atomic E-state index is -0.844. The van der Waals surface area contributed by atoms with Crippen molar-refractivity contribution in [1.82, 2.24) is 9.80 Å². The fourth-order valence-electron chi connectivity index (χ4n) is 3.29. The zero-order chi connectivity index (χ0) is 19.2. The number of alkyl halides is 1. The molecule has 1 aliphatic rings. The van der Waals surface area contributed by atoms with Crippen LogP contribution in [0, 0.1) is 5.92 Å².